The molecule has 2 heteroatoms. The molecule has 0 spiro atoms. The van der Waals surface area contributed by atoms with Crippen molar-refractivity contribution in [1.82, 2.24) is 5.06 Å². The highest BCUT2D eigenvalue weighted by molar-refractivity contribution is 5.75. The van der Waals surface area contributed by atoms with Crippen LogP contribution in [0, 0.1) is 0 Å². The maximum absolute atomic E-state index is 4.88. The van der Waals surface area contributed by atoms with Gasteiger partial charge in [0, 0.05) is 14.1 Å². The minimum Gasteiger partial charge on any atom is -0.300 e. The van der Waals surface area contributed by atoms with Crippen LogP contribution in [-0.2, 0) is 4.84 Å². The summed E-state index contributed by atoms with van der Waals surface area (Å²) in [6.07, 6.45) is 0. The van der Waals surface area contributed by atoms with Gasteiger partial charge in [-0.15, -0.1) is 0 Å². The van der Waals surface area contributed by atoms with Crippen molar-refractivity contribution in [3.05, 3.63) is 24.3 Å². The van der Waals surface area contributed by atoms with Gasteiger partial charge in [0.2, 0.25) is 0 Å². The van der Waals surface area contributed by atoms with Gasteiger partial charge in [-0.25, -0.2) is 0 Å². The zero-order valence-corrected chi connectivity index (χ0v) is 7.87. The smallest absolute Gasteiger partial charge is 0.0656 e. The maximum atomic E-state index is 4.88. The van der Waals surface area contributed by atoms with Gasteiger partial charge in [-0.05, 0) is 18.1 Å². The molecule has 12 heavy (non-hydrogen) atoms. The Bertz CT molecular complexity index is 207. The normalized spacial score (nSPS) is 10.7. The Balaban J connectivity index is 0.000000120. The molecule has 0 aliphatic heterocycles. The Morgan fingerprint density at radius 1 is 1.08 bits per heavy atom. The Hall–Kier alpha value is -0.860. The fraction of sp³-hybridized carbons (Fsp3) is 0.400. The van der Waals surface area contributed by atoms with Gasteiger partial charge in [0.25, 0.3) is 0 Å². The molecule has 0 fully saturated rings. The number of hydrogen-bond donors (Lipinski definition) is 0. The topological polar surface area (TPSA) is 12.5 Å². The summed E-state index contributed by atoms with van der Waals surface area (Å²) in [4.78, 5) is 4.88. The first-order chi connectivity index (χ1) is 5.74. The summed E-state index contributed by atoms with van der Waals surface area (Å²) >= 11 is 0. The lowest BCUT2D eigenvalue weighted by Crippen LogP contribution is -2.11. The van der Waals surface area contributed by atoms with Crippen LogP contribution in [0.5, 0.6) is 0 Å². The van der Waals surface area contributed by atoms with Crippen molar-refractivity contribution in [2.24, 2.45) is 0 Å². The van der Waals surface area contributed by atoms with Crippen molar-refractivity contribution in [2.75, 3.05) is 20.7 Å². The molecule has 0 amide bonds. The molecule has 0 radical (unpaired) electrons. The van der Waals surface area contributed by atoms with Crippen LogP contribution in [-0.4, -0.2) is 25.8 Å². The molecule has 2 rings (SSSR count). The van der Waals surface area contributed by atoms with Crippen molar-refractivity contribution in [3.8, 4) is 11.1 Å². The average Bonchev–Trinajstić information content (AvgIpc) is 1.98. The van der Waals surface area contributed by atoms with Crippen LogP contribution in [0.4, 0.5) is 0 Å². The Morgan fingerprint density at radius 2 is 1.50 bits per heavy atom. The van der Waals surface area contributed by atoms with E-state index in [1.165, 1.54) is 11.1 Å². The third-order valence-corrected chi connectivity index (χ3v) is 1.61. The first-order valence-electron chi connectivity index (χ1n) is 4.14. The quantitative estimate of drug-likeness (QED) is 0.632. The molecular formula is C10H15NO. The number of rotatable bonds is 2. The van der Waals surface area contributed by atoms with Gasteiger partial charge in [0.15, 0.2) is 0 Å². The molecule has 2 aliphatic carbocycles. The second-order valence-corrected chi connectivity index (χ2v) is 2.81. The molecule has 2 aliphatic rings. The van der Waals surface area contributed by atoms with E-state index >= 15 is 0 Å². The molecule has 0 heterocycles. The Morgan fingerprint density at radius 3 is 1.50 bits per heavy atom. The van der Waals surface area contributed by atoms with Crippen molar-refractivity contribution in [1.29, 1.82) is 0 Å². The Kier molecular flexibility index (Phi) is 3.26. The molecule has 0 aromatic carbocycles. The lowest BCUT2D eigenvalue weighted by atomic mass is 9.95. The highest BCUT2D eigenvalue weighted by Crippen LogP contribution is 2.29. The average molecular weight is 165 g/mol. The molecule has 2 nitrogen and oxygen atoms in total. The summed E-state index contributed by atoms with van der Waals surface area (Å²) in [7, 11) is 3.73. The molecule has 66 valence electrons. The third kappa shape index (κ3) is 2.32. The van der Waals surface area contributed by atoms with Gasteiger partial charge in [0.1, 0.15) is 0 Å². The van der Waals surface area contributed by atoms with Gasteiger partial charge in [-0.1, -0.05) is 24.3 Å². The maximum Gasteiger partial charge on any atom is 0.0656 e. The number of hydroxylamine groups is 2. The van der Waals surface area contributed by atoms with Crippen LogP contribution in [0.3, 0.4) is 0 Å². The van der Waals surface area contributed by atoms with Gasteiger partial charge >= 0.3 is 0 Å². The summed E-state index contributed by atoms with van der Waals surface area (Å²) in [6.45, 7) is 2.72. The third-order valence-electron chi connectivity index (χ3n) is 1.61. The summed E-state index contributed by atoms with van der Waals surface area (Å²) in [5.41, 5.74) is 2.85. The minimum atomic E-state index is 0.757. The Labute approximate surface area is 73.7 Å². The summed E-state index contributed by atoms with van der Waals surface area (Å²) in [5, 5.41) is 1.68. The number of fused-ring (bicyclic) bond motifs is 1. The van der Waals surface area contributed by atoms with Crippen LogP contribution in [0.2, 0.25) is 0 Å². The zero-order chi connectivity index (χ0) is 8.97. The monoisotopic (exact) mass is 165 g/mol. The van der Waals surface area contributed by atoms with E-state index in [2.05, 4.69) is 24.3 Å². The van der Waals surface area contributed by atoms with Crippen LogP contribution in [0.1, 0.15) is 6.92 Å². The zero-order valence-electron chi connectivity index (χ0n) is 7.87. The van der Waals surface area contributed by atoms with Crippen LogP contribution in [0.25, 0.3) is 11.1 Å². The van der Waals surface area contributed by atoms with Crippen molar-refractivity contribution < 1.29 is 4.84 Å². The lowest BCUT2D eigenvalue weighted by Gasteiger charge is -2.10. The summed E-state index contributed by atoms with van der Waals surface area (Å²) in [6, 6.07) is 8.48. The SMILES string of the molecule is CCON(C)C.c1cc2ccc1-2. The predicted molar refractivity (Wildman–Crippen MR) is 50.7 cm³/mol. The van der Waals surface area contributed by atoms with Gasteiger partial charge < -0.3 is 0 Å². The number of benzene rings is 1. The molecule has 0 bridgehead atoms. The van der Waals surface area contributed by atoms with E-state index in [1.807, 2.05) is 21.0 Å². The first-order valence-corrected chi connectivity index (χ1v) is 4.14. The molecule has 0 aromatic heterocycles. The van der Waals surface area contributed by atoms with Crippen molar-refractivity contribution in [3.63, 3.8) is 0 Å². The van der Waals surface area contributed by atoms with Crippen LogP contribution >= 0.6 is 0 Å². The largest absolute Gasteiger partial charge is 0.300 e. The fourth-order valence-electron chi connectivity index (χ4n) is 0.921. The van der Waals surface area contributed by atoms with Gasteiger partial charge in [0.05, 0.1) is 6.61 Å². The standard InChI is InChI=1S/C6H4.C4H11NO/c1-2-6-4-3-5(1)6;1-4-6-5(2)3/h1-4H;4H2,1-3H3. The van der Waals surface area contributed by atoms with E-state index in [0.29, 0.717) is 0 Å². The second-order valence-electron chi connectivity index (χ2n) is 2.81. The van der Waals surface area contributed by atoms with Gasteiger partial charge in [-0.3, -0.25) is 4.84 Å². The highest BCUT2D eigenvalue weighted by Gasteiger charge is 2.03. The molecule has 0 saturated heterocycles. The molecule has 0 N–H and O–H groups in total. The van der Waals surface area contributed by atoms with Gasteiger partial charge in [-0.2, -0.15) is 5.06 Å². The lowest BCUT2D eigenvalue weighted by molar-refractivity contribution is -0.113. The van der Waals surface area contributed by atoms with E-state index < -0.39 is 0 Å². The minimum absolute atomic E-state index is 0.757. The van der Waals surface area contributed by atoms with E-state index in [4.69, 9.17) is 4.84 Å². The van der Waals surface area contributed by atoms with Crippen molar-refractivity contribution >= 4 is 0 Å². The van der Waals surface area contributed by atoms with E-state index in [0.717, 1.165) is 6.61 Å². The first kappa shape index (κ1) is 9.23. The van der Waals surface area contributed by atoms with E-state index in [9.17, 15) is 0 Å². The molecule has 0 aromatic rings. The fourth-order valence-corrected chi connectivity index (χ4v) is 0.921. The summed E-state index contributed by atoms with van der Waals surface area (Å²) < 4.78 is 0. The predicted octanol–water partition coefficient (Wildman–Crippen LogP) is 2.17. The van der Waals surface area contributed by atoms with Crippen molar-refractivity contribution in [2.45, 2.75) is 6.92 Å². The van der Waals surface area contributed by atoms with Crippen LogP contribution in [0.15, 0.2) is 24.3 Å². The molecule has 0 unspecified atom stereocenters. The second kappa shape index (κ2) is 4.24. The summed E-state index contributed by atoms with van der Waals surface area (Å²) in [5.74, 6) is 0. The molecule has 0 saturated carbocycles. The van der Waals surface area contributed by atoms with E-state index in [1.54, 1.807) is 5.06 Å². The molecular weight excluding hydrogens is 150 g/mol. The number of nitrogens with zero attached hydrogens (tertiary/aromatic N) is 1. The van der Waals surface area contributed by atoms with Crippen LogP contribution < -0.4 is 0 Å². The molecule has 0 atom stereocenters. The van der Waals surface area contributed by atoms with E-state index in [-0.39, 0.29) is 0 Å². The number of hydrogen-bond acceptors (Lipinski definition) is 2. The highest BCUT2D eigenvalue weighted by atomic mass is 16.7.